The Labute approximate surface area is 129 Å². The number of benzene rings is 1. The van der Waals surface area contributed by atoms with Gasteiger partial charge < -0.3 is 10.4 Å². The fourth-order valence-electron chi connectivity index (χ4n) is 2.83. The molecule has 4 nitrogen and oxygen atoms in total. The van der Waals surface area contributed by atoms with E-state index in [9.17, 15) is 18.7 Å². The third-order valence-corrected chi connectivity index (χ3v) is 3.99. The van der Waals surface area contributed by atoms with Crippen molar-refractivity contribution in [1.82, 2.24) is 10.2 Å². The minimum absolute atomic E-state index is 0.00242. The highest BCUT2D eigenvalue weighted by Gasteiger charge is 2.22. The minimum atomic E-state index is -0.755. The van der Waals surface area contributed by atoms with Crippen LogP contribution >= 0.6 is 0 Å². The van der Waals surface area contributed by atoms with Crippen molar-refractivity contribution < 1.29 is 18.7 Å². The molecule has 2 N–H and O–H groups in total. The van der Waals surface area contributed by atoms with E-state index in [1.54, 1.807) is 0 Å². The number of hydrogen-bond acceptors (Lipinski definition) is 3. The Morgan fingerprint density at radius 3 is 2.68 bits per heavy atom. The first-order chi connectivity index (χ1) is 10.6. The van der Waals surface area contributed by atoms with Crippen LogP contribution in [0.1, 0.15) is 36.0 Å². The predicted molar refractivity (Wildman–Crippen MR) is 79.6 cm³/mol. The van der Waals surface area contributed by atoms with Gasteiger partial charge in [-0.15, -0.1) is 0 Å². The van der Waals surface area contributed by atoms with Gasteiger partial charge >= 0.3 is 0 Å². The zero-order valence-corrected chi connectivity index (χ0v) is 12.5. The van der Waals surface area contributed by atoms with Gasteiger partial charge in [0.1, 0.15) is 11.6 Å². The molecule has 0 spiro atoms. The van der Waals surface area contributed by atoms with E-state index in [1.165, 1.54) is 0 Å². The standard InChI is InChI=1S/C16H22F2N2O2/c17-13-8-12(9-14(18)10-13)16(22)19-5-1-2-6-20-7-3-4-15(20)11-21/h8-10,15,21H,1-7,11H2,(H,19,22). The summed E-state index contributed by atoms with van der Waals surface area (Å²) in [6.45, 7) is 2.58. The lowest BCUT2D eigenvalue weighted by Gasteiger charge is -2.22. The number of aliphatic hydroxyl groups is 1. The number of nitrogens with zero attached hydrogens (tertiary/aromatic N) is 1. The second kappa shape index (κ2) is 8.19. The van der Waals surface area contributed by atoms with Crippen molar-refractivity contribution in [2.24, 2.45) is 0 Å². The Morgan fingerprint density at radius 1 is 1.27 bits per heavy atom. The Morgan fingerprint density at radius 2 is 2.00 bits per heavy atom. The average Bonchev–Trinajstić information content (AvgIpc) is 2.93. The lowest BCUT2D eigenvalue weighted by molar-refractivity contribution is 0.0951. The van der Waals surface area contributed by atoms with Crippen molar-refractivity contribution >= 4 is 5.91 Å². The molecular weight excluding hydrogens is 290 g/mol. The second-order valence-corrected chi connectivity index (χ2v) is 5.64. The molecule has 1 aliphatic rings. The summed E-state index contributed by atoms with van der Waals surface area (Å²) in [7, 11) is 0. The van der Waals surface area contributed by atoms with Gasteiger partial charge in [-0.25, -0.2) is 8.78 Å². The zero-order valence-electron chi connectivity index (χ0n) is 12.5. The molecule has 1 aliphatic heterocycles. The summed E-state index contributed by atoms with van der Waals surface area (Å²) in [4.78, 5) is 14.0. The summed E-state index contributed by atoms with van der Waals surface area (Å²) >= 11 is 0. The van der Waals surface area contributed by atoms with Crippen LogP contribution < -0.4 is 5.32 Å². The van der Waals surface area contributed by atoms with Crippen LogP contribution in [0.3, 0.4) is 0 Å². The fourth-order valence-corrected chi connectivity index (χ4v) is 2.83. The number of hydrogen-bond donors (Lipinski definition) is 2. The Kier molecular flexibility index (Phi) is 6.27. The maximum Gasteiger partial charge on any atom is 0.251 e. The molecule has 1 aromatic carbocycles. The maximum atomic E-state index is 13.0. The summed E-state index contributed by atoms with van der Waals surface area (Å²) in [5.41, 5.74) is -0.00242. The number of carbonyl (C=O) groups is 1. The van der Waals surface area contributed by atoms with Gasteiger partial charge in [0.2, 0.25) is 0 Å². The van der Waals surface area contributed by atoms with Crippen LogP contribution in [0, 0.1) is 11.6 Å². The monoisotopic (exact) mass is 312 g/mol. The highest BCUT2D eigenvalue weighted by molar-refractivity contribution is 5.94. The van der Waals surface area contributed by atoms with Crippen LogP contribution in [0.15, 0.2) is 18.2 Å². The third-order valence-electron chi connectivity index (χ3n) is 3.99. The van der Waals surface area contributed by atoms with Gasteiger partial charge in [0.25, 0.3) is 5.91 Å². The van der Waals surface area contributed by atoms with Crippen LogP contribution in [-0.4, -0.2) is 48.2 Å². The zero-order chi connectivity index (χ0) is 15.9. The molecule has 0 saturated carbocycles. The quantitative estimate of drug-likeness (QED) is 0.757. The highest BCUT2D eigenvalue weighted by atomic mass is 19.1. The molecule has 122 valence electrons. The molecule has 6 heteroatoms. The van der Waals surface area contributed by atoms with Gasteiger partial charge in [0, 0.05) is 24.2 Å². The van der Waals surface area contributed by atoms with Crippen LogP contribution in [0.5, 0.6) is 0 Å². The first-order valence-corrected chi connectivity index (χ1v) is 7.69. The molecule has 1 saturated heterocycles. The first kappa shape index (κ1) is 16.8. The Balaban J connectivity index is 1.67. The Bertz CT molecular complexity index is 491. The van der Waals surface area contributed by atoms with Crippen LogP contribution in [0.25, 0.3) is 0 Å². The van der Waals surface area contributed by atoms with E-state index in [-0.39, 0.29) is 18.2 Å². The lowest BCUT2D eigenvalue weighted by atomic mass is 10.2. The topological polar surface area (TPSA) is 52.6 Å². The van der Waals surface area contributed by atoms with E-state index in [0.717, 1.165) is 57.0 Å². The van der Waals surface area contributed by atoms with Crippen molar-refractivity contribution in [3.05, 3.63) is 35.4 Å². The number of aliphatic hydroxyl groups excluding tert-OH is 1. The van der Waals surface area contributed by atoms with Crippen LogP contribution in [-0.2, 0) is 0 Å². The van der Waals surface area contributed by atoms with E-state index < -0.39 is 17.5 Å². The SMILES string of the molecule is O=C(NCCCCN1CCCC1CO)c1cc(F)cc(F)c1. The second-order valence-electron chi connectivity index (χ2n) is 5.64. The van der Waals surface area contributed by atoms with Crippen LogP contribution in [0.4, 0.5) is 8.78 Å². The summed E-state index contributed by atoms with van der Waals surface area (Å²) < 4.78 is 26.1. The van der Waals surface area contributed by atoms with E-state index in [4.69, 9.17) is 0 Å². The maximum absolute atomic E-state index is 13.0. The van der Waals surface area contributed by atoms with E-state index in [1.807, 2.05) is 0 Å². The smallest absolute Gasteiger partial charge is 0.251 e. The number of rotatable bonds is 7. The van der Waals surface area contributed by atoms with E-state index in [0.29, 0.717) is 6.54 Å². The molecule has 1 amide bonds. The molecule has 0 radical (unpaired) electrons. The summed E-state index contributed by atoms with van der Waals surface area (Å²) in [6.07, 6.45) is 3.86. The molecule has 0 bridgehead atoms. The largest absolute Gasteiger partial charge is 0.395 e. The molecule has 0 aromatic heterocycles. The van der Waals surface area contributed by atoms with Crippen molar-refractivity contribution in [2.45, 2.75) is 31.7 Å². The number of carbonyl (C=O) groups excluding carboxylic acids is 1. The van der Waals surface area contributed by atoms with Gasteiger partial charge in [-0.1, -0.05) is 0 Å². The first-order valence-electron chi connectivity index (χ1n) is 7.69. The molecule has 1 heterocycles. The number of nitrogens with one attached hydrogen (secondary N) is 1. The van der Waals surface area contributed by atoms with E-state index in [2.05, 4.69) is 10.2 Å². The van der Waals surface area contributed by atoms with Gasteiger partial charge in [0.05, 0.1) is 6.61 Å². The molecule has 1 atom stereocenters. The normalized spacial score (nSPS) is 18.6. The minimum Gasteiger partial charge on any atom is -0.395 e. The van der Waals surface area contributed by atoms with Crippen LogP contribution in [0.2, 0.25) is 0 Å². The summed E-state index contributed by atoms with van der Waals surface area (Å²) in [6, 6.07) is 3.05. The van der Waals surface area contributed by atoms with Crippen molar-refractivity contribution in [3.63, 3.8) is 0 Å². The molecular formula is C16H22F2N2O2. The molecule has 22 heavy (non-hydrogen) atoms. The van der Waals surface area contributed by atoms with E-state index >= 15 is 0 Å². The number of likely N-dealkylation sites (tertiary alicyclic amines) is 1. The molecule has 1 fully saturated rings. The van der Waals surface area contributed by atoms with Gasteiger partial charge in [-0.2, -0.15) is 0 Å². The molecule has 2 rings (SSSR count). The lowest BCUT2D eigenvalue weighted by Crippen LogP contribution is -2.33. The van der Waals surface area contributed by atoms with Crippen molar-refractivity contribution in [2.75, 3.05) is 26.2 Å². The van der Waals surface area contributed by atoms with Gasteiger partial charge in [-0.05, 0) is 50.9 Å². The number of halogens is 2. The molecule has 1 unspecified atom stereocenters. The van der Waals surface area contributed by atoms with Gasteiger partial charge in [-0.3, -0.25) is 9.69 Å². The third kappa shape index (κ3) is 4.74. The Hall–Kier alpha value is -1.53. The fraction of sp³-hybridized carbons (Fsp3) is 0.562. The summed E-state index contributed by atoms with van der Waals surface area (Å²) in [5.74, 6) is -1.98. The molecule has 0 aliphatic carbocycles. The van der Waals surface area contributed by atoms with Crippen molar-refractivity contribution in [3.8, 4) is 0 Å². The van der Waals surface area contributed by atoms with Crippen molar-refractivity contribution in [1.29, 1.82) is 0 Å². The molecule has 1 aromatic rings. The average molecular weight is 312 g/mol. The highest BCUT2D eigenvalue weighted by Crippen LogP contribution is 2.16. The summed E-state index contributed by atoms with van der Waals surface area (Å²) in [5, 5.41) is 11.9. The van der Waals surface area contributed by atoms with Gasteiger partial charge in [0.15, 0.2) is 0 Å². The predicted octanol–water partition coefficient (Wildman–Crippen LogP) is 1.93. The number of unbranched alkanes of at least 4 members (excludes halogenated alkanes) is 1. The number of amides is 1.